The van der Waals surface area contributed by atoms with Crippen LogP contribution in [0.3, 0.4) is 0 Å². The molecule has 3 heterocycles. The van der Waals surface area contributed by atoms with Gasteiger partial charge in [-0.2, -0.15) is 4.68 Å². The zero-order valence-electron chi connectivity index (χ0n) is 16.2. The van der Waals surface area contributed by atoms with E-state index in [0.29, 0.717) is 23.1 Å². The Hall–Kier alpha value is -2.78. The molecule has 2 aromatic heterocycles. The maximum atomic E-state index is 13.0. The van der Waals surface area contributed by atoms with E-state index < -0.39 is 6.10 Å². The summed E-state index contributed by atoms with van der Waals surface area (Å²) in [7, 11) is 0. The molecule has 152 valence electrons. The minimum Gasteiger partial charge on any atom is -0.481 e. The highest BCUT2D eigenvalue weighted by atomic mass is 32.1. The lowest BCUT2D eigenvalue weighted by molar-refractivity contribution is -0.924. The van der Waals surface area contributed by atoms with Crippen LogP contribution in [0.25, 0.3) is 0 Å². The average Bonchev–Trinajstić information content (AvgIpc) is 3.11. The maximum absolute atomic E-state index is 13.0. The van der Waals surface area contributed by atoms with Crippen molar-refractivity contribution in [2.45, 2.75) is 19.7 Å². The number of aromatic nitrogens is 3. The van der Waals surface area contributed by atoms with Crippen molar-refractivity contribution >= 4 is 17.9 Å². The van der Waals surface area contributed by atoms with Crippen molar-refractivity contribution in [1.29, 1.82) is 0 Å². The van der Waals surface area contributed by atoms with Crippen molar-refractivity contribution in [2.75, 3.05) is 31.1 Å². The van der Waals surface area contributed by atoms with Gasteiger partial charge < -0.3 is 19.0 Å². The molecule has 7 nitrogen and oxygen atoms in total. The zero-order chi connectivity index (χ0) is 20.2. The number of hydrogen-bond donors (Lipinski definition) is 1. The predicted molar refractivity (Wildman–Crippen MR) is 107 cm³/mol. The molecule has 1 aliphatic heterocycles. The summed E-state index contributed by atoms with van der Waals surface area (Å²) in [6, 6.07) is 10.0. The Morgan fingerprint density at radius 2 is 1.90 bits per heavy atom. The molecule has 1 saturated heterocycles. The molecule has 0 spiro atoms. The number of benzene rings is 1. The van der Waals surface area contributed by atoms with Crippen LogP contribution in [-0.2, 0) is 6.67 Å². The van der Waals surface area contributed by atoms with Crippen LogP contribution in [-0.4, -0.2) is 36.0 Å². The van der Waals surface area contributed by atoms with Gasteiger partial charge in [-0.25, -0.2) is 9.37 Å². The highest BCUT2D eigenvalue weighted by molar-refractivity contribution is 7.71. The SMILES string of the molecule is C[C@@H](Oc1ccc(F)cc1)c1nn(C[NH+]2CCN(c3cc[nH+]cc3)CC2)c(=S)o1. The summed E-state index contributed by atoms with van der Waals surface area (Å²) in [5.74, 6) is 0.660. The minimum absolute atomic E-state index is 0.305. The summed E-state index contributed by atoms with van der Waals surface area (Å²) in [5, 5.41) is 4.50. The van der Waals surface area contributed by atoms with Crippen LogP contribution in [0.4, 0.5) is 10.1 Å². The van der Waals surface area contributed by atoms with Gasteiger partial charge in [-0.3, -0.25) is 0 Å². The third-order valence-electron chi connectivity index (χ3n) is 5.01. The molecule has 0 radical (unpaired) electrons. The summed E-state index contributed by atoms with van der Waals surface area (Å²) >= 11 is 5.34. The number of anilines is 1. The van der Waals surface area contributed by atoms with Gasteiger partial charge in [-0.05, 0) is 43.4 Å². The molecule has 0 amide bonds. The first kappa shape index (κ1) is 19.5. The molecule has 9 heteroatoms. The fraction of sp³-hybridized carbons (Fsp3) is 0.350. The second-order valence-corrected chi connectivity index (χ2v) is 7.42. The highest BCUT2D eigenvalue weighted by Gasteiger charge is 2.23. The Kier molecular flexibility index (Phi) is 5.86. The molecule has 0 aliphatic carbocycles. The van der Waals surface area contributed by atoms with Crippen molar-refractivity contribution in [1.82, 2.24) is 9.78 Å². The number of hydrogen-bond acceptors (Lipinski definition) is 5. The quantitative estimate of drug-likeness (QED) is 0.618. The Bertz CT molecular complexity index is 984. The molecule has 4 rings (SSSR count). The Morgan fingerprint density at radius 1 is 1.21 bits per heavy atom. The van der Waals surface area contributed by atoms with Gasteiger partial charge >= 0.3 is 0 Å². The summed E-state index contributed by atoms with van der Waals surface area (Å²) in [6.45, 7) is 6.41. The molecule has 2 N–H and O–H groups in total. The predicted octanol–water partition coefficient (Wildman–Crippen LogP) is 1.66. The largest absolute Gasteiger partial charge is 0.481 e. The lowest BCUT2D eigenvalue weighted by Gasteiger charge is -2.32. The molecule has 29 heavy (non-hydrogen) atoms. The standard InChI is InChI=1S/C20H22FN5O2S/c1-15(27-18-4-2-16(21)3-5-18)19-23-26(20(29)28-19)14-24-10-12-25(13-11-24)17-6-8-22-9-7-17/h2-9,15H,10-14H2,1H3/p+2/t15-/m1/s1. The number of rotatable bonds is 6. The van der Waals surface area contributed by atoms with Gasteiger partial charge in [0.05, 0.1) is 26.2 Å². The summed E-state index contributed by atoms with van der Waals surface area (Å²) < 4.78 is 26.2. The van der Waals surface area contributed by atoms with E-state index in [1.807, 2.05) is 19.3 Å². The van der Waals surface area contributed by atoms with Crippen molar-refractivity contribution in [2.24, 2.45) is 0 Å². The van der Waals surface area contributed by atoms with Gasteiger partial charge in [0.15, 0.2) is 25.2 Å². The summed E-state index contributed by atoms with van der Waals surface area (Å²) in [5.41, 5.74) is 1.23. The van der Waals surface area contributed by atoms with E-state index in [0.717, 1.165) is 26.2 Å². The second-order valence-electron chi connectivity index (χ2n) is 7.07. The molecule has 1 fully saturated rings. The van der Waals surface area contributed by atoms with Crippen LogP contribution < -0.4 is 19.5 Å². The van der Waals surface area contributed by atoms with Crippen LogP contribution in [0.5, 0.6) is 5.75 Å². The van der Waals surface area contributed by atoms with Gasteiger partial charge in [0.25, 0.3) is 10.7 Å². The Balaban J connectivity index is 1.35. The number of piperazine rings is 1. The third-order valence-corrected chi connectivity index (χ3v) is 5.30. The number of pyridine rings is 1. The number of H-pyrrole nitrogens is 1. The van der Waals surface area contributed by atoms with Crippen LogP contribution in [0.15, 0.2) is 53.2 Å². The average molecular weight is 418 g/mol. The molecule has 0 saturated carbocycles. The van der Waals surface area contributed by atoms with Crippen molar-refractivity contribution in [3.05, 3.63) is 65.3 Å². The number of nitrogens with one attached hydrogen (secondary N) is 2. The van der Waals surface area contributed by atoms with Crippen molar-refractivity contribution < 1.29 is 23.4 Å². The van der Waals surface area contributed by atoms with E-state index >= 15 is 0 Å². The van der Waals surface area contributed by atoms with Gasteiger partial charge in [0, 0.05) is 17.8 Å². The summed E-state index contributed by atoms with van der Waals surface area (Å²) in [4.78, 5) is 7.17. The molecule has 1 atom stereocenters. The van der Waals surface area contributed by atoms with Crippen molar-refractivity contribution in [3.8, 4) is 5.75 Å². The first-order chi connectivity index (χ1) is 14.1. The van der Waals surface area contributed by atoms with E-state index in [1.54, 1.807) is 16.8 Å². The van der Waals surface area contributed by atoms with Gasteiger partial charge in [-0.1, -0.05) is 0 Å². The number of nitrogens with zero attached hydrogens (tertiary/aromatic N) is 3. The lowest BCUT2D eigenvalue weighted by atomic mass is 10.3. The van der Waals surface area contributed by atoms with Gasteiger partial charge in [0.2, 0.25) is 0 Å². The van der Waals surface area contributed by atoms with Gasteiger partial charge in [-0.15, -0.1) is 5.10 Å². The molecule has 3 aromatic rings. The smallest absolute Gasteiger partial charge is 0.292 e. The molecule has 0 bridgehead atoms. The van der Waals surface area contributed by atoms with Crippen LogP contribution in [0.2, 0.25) is 0 Å². The van der Waals surface area contributed by atoms with Crippen LogP contribution >= 0.6 is 12.2 Å². The molecular formula is C20H24FN5O2S+2. The second kappa shape index (κ2) is 8.71. The zero-order valence-corrected chi connectivity index (χ0v) is 17.0. The van der Waals surface area contributed by atoms with Crippen molar-refractivity contribution in [3.63, 3.8) is 0 Å². The molecule has 0 unspecified atom stereocenters. The molecule has 1 aliphatic rings. The molecular weight excluding hydrogens is 393 g/mol. The molecule has 1 aromatic carbocycles. The third kappa shape index (κ3) is 4.80. The minimum atomic E-state index is -0.426. The van der Waals surface area contributed by atoms with E-state index in [-0.39, 0.29) is 5.82 Å². The number of halogens is 1. The number of ether oxygens (including phenoxy) is 1. The summed E-state index contributed by atoms with van der Waals surface area (Å²) in [6.07, 6.45) is 3.46. The Labute approximate surface area is 173 Å². The fourth-order valence-electron chi connectivity index (χ4n) is 3.39. The van der Waals surface area contributed by atoms with E-state index in [4.69, 9.17) is 21.4 Å². The van der Waals surface area contributed by atoms with Crippen LogP contribution in [0, 0.1) is 10.7 Å². The topological polar surface area (TPSA) is 62.0 Å². The lowest BCUT2D eigenvalue weighted by Crippen LogP contribution is -3.14. The normalized spacial score (nSPS) is 16.0. The number of aromatic amines is 1. The Morgan fingerprint density at radius 3 is 2.59 bits per heavy atom. The fourth-order valence-corrected chi connectivity index (χ4v) is 3.58. The first-order valence-corrected chi connectivity index (χ1v) is 10.0. The van der Waals surface area contributed by atoms with Crippen LogP contribution in [0.1, 0.15) is 18.9 Å². The highest BCUT2D eigenvalue weighted by Crippen LogP contribution is 2.21. The van der Waals surface area contributed by atoms with Gasteiger partial charge in [0.1, 0.15) is 11.6 Å². The first-order valence-electron chi connectivity index (χ1n) is 9.63. The van der Waals surface area contributed by atoms with E-state index in [1.165, 1.54) is 22.7 Å². The maximum Gasteiger partial charge on any atom is 0.292 e. The van der Waals surface area contributed by atoms with E-state index in [2.05, 4.69) is 27.1 Å². The monoisotopic (exact) mass is 417 g/mol. The van der Waals surface area contributed by atoms with E-state index in [9.17, 15) is 4.39 Å². The number of quaternary nitrogens is 1.